The van der Waals surface area contributed by atoms with E-state index in [0.717, 1.165) is 5.56 Å². The Morgan fingerprint density at radius 2 is 1.78 bits per heavy atom. The number of anilines is 1. The molecular weight excluding hydrogens is 460 g/mol. The summed E-state index contributed by atoms with van der Waals surface area (Å²) in [5.41, 5.74) is 4.87. The molecule has 0 unspecified atom stereocenters. The van der Waals surface area contributed by atoms with Gasteiger partial charge in [-0.25, -0.2) is 5.43 Å². The van der Waals surface area contributed by atoms with Crippen molar-refractivity contribution in [1.29, 1.82) is 5.26 Å². The van der Waals surface area contributed by atoms with Crippen LogP contribution >= 0.6 is 0 Å². The van der Waals surface area contributed by atoms with Crippen LogP contribution in [0.2, 0.25) is 0 Å². The zero-order valence-electron chi connectivity index (χ0n) is 20.0. The summed E-state index contributed by atoms with van der Waals surface area (Å²) in [6.07, 6.45) is 1.06. The highest BCUT2D eigenvalue weighted by atomic mass is 16.5. The van der Waals surface area contributed by atoms with Gasteiger partial charge >= 0.3 is 0 Å². The van der Waals surface area contributed by atoms with Crippen LogP contribution in [0.4, 0.5) is 5.69 Å². The fraction of sp³-hybridized carbons (Fsp3) is 0.185. The zero-order chi connectivity index (χ0) is 25.8. The number of nitriles is 1. The third-order valence-electron chi connectivity index (χ3n) is 4.89. The van der Waals surface area contributed by atoms with Crippen molar-refractivity contribution in [2.75, 3.05) is 19.0 Å². The summed E-state index contributed by atoms with van der Waals surface area (Å²) < 4.78 is 16.6. The Hall–Kier alpha value is -4.84. The summed E-state index contributed by atoms with van der Waals surface area (Å²) in [6.45, 7) is 2.49. The number of carbonyl (C=O) groups is 2. The van der Waals surface area contributed by atoms with Gasteiger partial charge < -0.3 is 19.5 Å². The van der Waals surface area contributed by atoms with Crippen LogP contribution < -0.4 is 25.0 Å². The van der Waals surface area contributed by atoms with Crippen LogP contribution in [0.3, 0.4) is 0 Å². The number of methoxy groups -OCH3 is 1. The molecule has 3 aromatic carbocycles. The topological polar surface area (TPSA) is 122 Å². The minimum absolute atomic E-state index is 0.214. The Bertz CT molecular complexity index is 1270. The van der Waals surface area contributed by atoms with Gasteiger partial charge in [0.25, 0.3) is 0 Å². The number of hydrazone groups is 1. The molecule has 0 atom stereocenters. The summed E-state index contributed by atoms with van der Waals surface area (Å²) in [6, 6.07) is 21.3. The average Bonchev–Trinajstić information content (AvgIpc) is 2.89. The van der Waals surface area contributed by atoms with Gasteiger partial charge in [-0.1, -0.05) is 18.2 Å². The highest BCUT2D eigenvalue weighted by molar-refractivity contribution is 6.03. The SMILES string of the molecule is CCOc1cc(C=NNC(=O)CC(=O)Nc2ccc(OC)cc2)ccc1OCc1ccccc1C#N. The number of ether oxygens (including phenoxy) is 3. The van der Waals surface area contributed by atoms with E-state index in [4.69, 9.17) is 14.2 Å². The molecule has 0 saturated heterocycles. The van der Waals surface area contributed by atoms with Gasteiger partial charge in [0.15, 0.2) is 11.5 Å². The minimum atomic E-state index is -0.557. The number of nitrogens with one attached hydrogen (secondary N) is 2. The van der Waals surface area contributed by atoms with Gasteiger partial charge in [-0.2, -0.15) is 10.4 Å². The summed E-state index contributed by atoms with van der Waals surface area (Å²) in [5.74, 6) is 0.656. The quantitative estimate of drug-likeness (QED) is 0.240. The maximum Gasteiger partial charge on any atom is 0.249 e. The number of hydrogen-bond donors (Lipinski definition) is 2. The number of hydrogen-bond acceptors (Lipinski definition) is 7. The molecule has 0 aliphatic heterocycles. The van der Waals surface area contributed by atoms with E-state index >= 15 is 0 Å². The summed E-state index contributed by atoms with van der Waals surface area (Å²) in [5, 5.41) is 15.8. The summed E-state index contributed by atoms with van der Waals surface area (Å²) in [7, 11) is 1.55. The molecule has 3 rings (SSSR count). The normalized spacial score (nSPS) is 10.4. The van der Waals surface area contributed by atoms with Crippen LogP contribution in [0.5, 0.6) is 17.2 Å². The van der Waals surface area contributed by atoms with Crippen molar-refractivity contribution < 1.29 is 23.8 Å². The van der Waals surface area contributed by atoms with Crippen LogP contribution in [0, 0.1) is 11.3 Å². The lowest BCUT2D eigenvalue weighted by atomic mass is 10.1. The average molecular weight is 487 g/mol. The lowest BCUT2D eigenvalue weighted by molar-refractivity contribution is -0.126. The predicted octanol–water partition coefficient (Wildman–Crippen LogP) is 4.02. The Balaban J connectivity index is 1.55. The number of rotatable bonds is 11. The fourth-order valence-corrected chi connectivity index (χ4v) is 3.15. The molecule has 0 radical (unpaired) electrons. The van der Waals surface area contributed by atoms with E-state index in [1.54, 1.807) is 61.7 Å². The van der Waals surface area contributed by atoms with Gasteiger partial charge in [0, 0.05) is 11.3 Å². The van der Waals surface area contributed by atoms with Gasteiger partial charge in [-0.3, -0.25) is 9.59 Å². The van der Waals surface area contributed by atoms with Crippen LogP contribution in [0.15, 0.2) is 71.8 Å². The molecule has 0 saturated carbocycles. The molecule has 0 aromatic heterocycles. The Morgan fingerprint density at radius 1 is 1.00 bits per heavy atom. The van der Waals surface area contributed by atoms with E-state index < -0.39 is 11.8 Å². The summed E-state index contributed by atoms with van der Waals surface area (Å²) >= 11 is 0. The molecular formula is C27H26N4O5. The minimum Gasteiger partial charge on any atom is -0.497 e. The first-order valence-electron chi connectivity index (χ1n) is 11.2. The molecule has 2 N–H and O–H groups in total. The van der Waals surface area contributed by atoms with Crippen molar-refractivity contribution in [3.63, 3.8) is 0 Å². The Kier molecular flexibility index (Phi) is 9.42. The smallest absolute Gasteiger partial charge is 0.249 e. The highest BCUT2D eigenvalue weighted by Gasteiger charge is 2.10. The monoisotopic (exact) mass is 486 g/mol. The van der Waals surface area contributed by atoms with E-state index in [1.807, 2.05) is 19.1 Å². The van der Waals surface area contributed by atoms with E-state index in [-0.39, 0.29) is 13.0 Å². The summed E-state index contributed by atoms with van der Waals surface area (Å²) in [4.78, 5) is 24.1. The van der Waals surface area contributed by atoms with E-state index in [9.17, 15) is 14.9 Å². The largest absolute Gasteiger partial charge is 0.497 e. The number of benzene rings is 3. The van der Waals surface area contributed by atoms with Gasteiger partial charge in [0.2, 0.25) is 11.8 Å². The third kappa shape index (κ3) is 7.60. The van der Waals surface area contributed by atoms with E-state index in [1.165, 1.54) is 6.21 Å². The van der Waals surface area contributed by atoms with Gasteiger partial charge in [-0.15, -0.1) is 0 Å². The Morgan fingerprint density at radius 3 is 2.50 bits per heavy atom. The number of carbonyl (C=O) groups excluding carboxylic acids is 2. The molecule has 0 aliphatic carbocycles. The van der Waals surface area contributed by atoms with Crippen LogP contribution in [0.25, 0.3) is 0 Å². The van der Waals surface area contributed by atoms with Crippen LogP contribution in [0.1, 0.15) is 30.0 Å². The molecule has 36 heavy (non-hydrogen) atoms. The second kappa shape index (κ2) is 13.2. The molecule has 9 heteroatoms. The van der Waals surface area contributed by atoms with Crippen molar-refractivity contribution in [3.8, 4) is 23.3 Å². The number of amides is 2. The van der Waals surface area contributed by atoms with Crippen molar-refractivity contribution in [3.05, 3.63) is 83.4 Å². The van der Waals surface area contributed by atoms with Crippen molar-refractivity contribution >= 4 is 23.7 Å². The van der Waals surface area contributed by atoms with Gasteiger partial charge in [-0.05, 0) is 61.0 Å². The maximum atomic E-state index is 12.1. The highest BCUT2D eigenvalue weighted by Crippen LogP contribution is 2.29. The first-order valence-corrected chi connectivity index (χ1v) is 11.2. The van der Waals surface area contributed by atoms with E-state index in [0.29, 0.717) is 40.7 Å². The van der Waals surface area contributed by atoms with Gasteiger partial charge in [0.05, 0.1) is 31.6 Å². The standard InChI is InChI=1S/C27H26N4O5/c1-3-35-25-14-19(8-13-24(25)36-18-21-7-5-4-6-20(21)16-28)17-29-31-27(33)15-26(32)30-22-9-11-23(34-2)12-10-22/h4-14,17H,3,15,18H2,1-2H3,(H,30,32)(H,31,33). The molecule has 0 spiro atoms. The molecule has 0 aliphatic rings. The van der Waals surface area contributed by atoms with Crippen molar-refractivity contribution in [2.45, 2.75) is 20.0 Å². The molecule has 0 bridgehead atoms. The molecule has 0 fully saturated rings. The predicted molar refractivity (Wildman–Crippen MR) is 135 cm³/mol. The third-order valence-corrected chi connectivity index (χ3v) is 4.89. The van der Waals surface area contributed by atoms with Crippen molar-refractivity contribution in [1.82, 2.24) is 5.43 Å². The lowest BCUT2D eigenvalue weighted by Gasteiger charge is -2.13. The van der Waals surface area contributed by atoms with E-state index in [2.05, 4.69) is 21.9 Å². The van der Waals surface area contributed by atoms with Crippen molar-refractivity contribution in [2.24, 2.45) is 5.10 Å². The maximum absolute atomic E-state index is 12.1. The second-order valence-corrected chi connectivity index (χ2v) is 7.44. The molecule has 2 amide bonds. The fourth-order valence-electron chi connectivity index (χ4n) is 3.15. The van der Waals surface area contributed by atoms with Crippen LogP contribution in [-0.2, 0) is 16.2 Å². The zero-order valence-corrected chi connectivity index (χ0v) is 20.0. The lowest BCUT2D eigenvalue weighted by Crippen LogP contribution is -2.24. The molecule has 0 heterocycles. The second-order valence-electron chi connectivity index (χ2n) is 7.44. The Labute approximate surface area is 209 Å². The number of nitrogens with zero attached hydrogens (tertiary/aromatic N) is 2. The first kappa shape index (κ1) is 25.8. The molecule has 9 nitrogen and oxygen atoms in total. The first-order chi connectivity index (χ1) is 17.5. The molecule has 3 aromatic rings. The molecule has 184 valence electrons. The van der Waals surface area contributed by atoms with Gasteiger partial charge in [0.1, 0.15) is 18.8 Å². The van der Waals surface area contributed by atoms with Crippen LogP contribution in [-0.4, -0.2) is 31.7 Å².